The van der Waals surface area contributed by atoms with Crippen LogP contribution in [0.2, 0.25) is 0 Å². The highest BCUT2D eigenvalue weighted by Gasteiger charge is 2.49. The van der Waals surface area contributed by atoms with Crippen LogP contribution in [0.15, 0.2) is 224 Å². The quantitative estimate of drug-likeness (QED) is 0.118. The summed E-state index contributed by atoms with van der Waals surface area (Å²) >= 11 is 0. The van der Waals surface area contributed by atoms with Crippen molar-refractivity contribution >= 4 is 50.6 Å². The summed E-state index contributed by atoms with van der Waals surface area (Å²) in [6.07, 6.45) is 0. The summed E-state index contributed by atoms with van der Waals surface area (Å²) < 4.78 is 2.44. The number of hydrogen-bond donors (Lipinski definition) is 0. The molecule has 3 aliphatic carbocycles. The molecule has 2 heteroatoms. The Kier molecular flexibility index (Phi) is 7.45. The van der Waals surface area contributed by atoms with Crippen molar-refractivity contribution in [2.24, 2.45) is 0 Å². The third kappa shape index (κ3) is 4.64. The molecule has 1 aromatic heterocycles. The number of fused-ring (bicyclic) bond motifs is 3. The average Bonchev–Trinajstić information content (AvgIpc) is 3.64. The number of rotatable bonds is 6. The van der Waals surface area contributed by atoms with Gasteiger partial charge in [0.05, 0.1) is 11.0 Å². The van der Waals surface area contributed by atoms with Crippen LogP contribution in [0.5, 0.6) is 0 Å². The first-order valence-electron chi connectivity index (χ1n) is 20.4. The van der Waals surface area contributed by atoms with E-state index in [1.54, 1.807) is 0 Å². The largest absolute Gasteiger partial charge is 0.309 e. The van der Waals surface area contributed by atoms with Crippen LogP contribution in [0.4, 0.5) is 0 Å². The van der Waals surface area contributed by atoms with Gasteiger partial charge in [0.25, 0.3) is 0 Å². The van der Waals surface area contributed by atoms with E-state index in [4.69, 9.17) is 0 Å². The molecule has 3 aliphatic rings. The van der Waals surface area contributed by atoms with Crippen LogP contribution in [0.25, 0.3) is 38.6 Å². The summed E-state index contributed by atoms with van der Waals surface area (Å²) in [6, 6.07) is 84.7. The van der Waals surface area contributed by atoms with E-state index in [1.807, 2.05) is 0 Å². The first-order chi connectivity index (χ1) is 28.8. The van der Waals surface area contributed by atoms with E-state index in [1.165, 1.54) is 92.7 Å². The summed E-state index contributed by atoms with van der Waals surface area (Å²) in [5.41, 5.74) is 14.9. The van der Waals surface area contributed by atoms with Crippen LogP contribution in [-0.2, 0) is 0 Å². The highest BCUT2D eigenvalue weighted by Crippen LogP contribution is 2.57. The maximum absolute atomic E-state index is 2.86. The molecule has 2 atom stereocenters. The van der Waals surface area contributed by atoms with Gasteiger partial charge in [0.1, 0.15) is 0 Å². The fourth-order valence-electron chi connectivity index (χ4n) is 10.9. The van der Waals surface area contributed by atoms with E-state index in [0.717, 1.165) is 0 Å². The van der Waals surface area contributed by atoms with E-state index in [9.17, 15) is 0 Å². The van der Waals surface area contributed by atoms with E-state index < -0.39 is 8.07 Å². The van der Waals surface area contributed by atoms with E-state index >= 15 is 0 Å². The predicted molar refractivity (Wildman–Crippen MR) is 245 cm³/mol. The molecule has 0 saturated carbocycles. The smallest absolute Gasteiger partial charge is 0.179 e. The third-order valence-electron chi connectivity index (χ3n) is 13.1. The molecule has 0 fully saturated rings. The van der Waals surface area contributed by atoms with E-state index in [-0.39, 0.29) is 11.8 Å². The second-order valence-corrected chi connectivity index (χ2v) is 19.7. The number of para-hydroxylation sites is 2. The van der Waals surface area contributed by atoms with Crippen LogP contribution in [-0.4, -0.2) is 12.6 Å². The van der Waals surface area contributed by atoms with Crippen molar-refractivity contribution in [3.8, 4) is 16.8 Å². The molecule has 272 valence electrons. The molecule has 2 unspecified atom stereocenters. The lowest BCUT2D eigenvalue weighted by molar-refractivity contribution is 0.760. The first kappa shape index (κ1) is 33.2. The summed E-state index contributed by atoms with van der Waals surface area (Å²) in [5, 5.41) is 8.25. The topological polar surface area (TPSA) is 4.93 Å². The summed E-state index contributed by atoms with van der Waals surface area (Å²) in [7, 11) is -2.86. The molecule has 0 saturated heterocycles. The minimum absolute atomic E-state index is 0.0669. The monoisotopic (exact) mass is 753 g/mol. The van der Waals surface area contributed by atoms with Gasteiger partial charge in [-0.15, -0.1) is 0 Å². The van der Waals surface area contributed by atoms with Crippen LogP contribution < -0.4 is 20.7 Å². The van der Waals surface area contributed by atoms with E-state index in [2.05, 4.69) is 229 Å². The Hall–Kier alpha value is -7.00. The van der Waals surface area contributed by atoms with Gasteiger partial charge in [-0.25, -0.2) is 0 Å². The second-order valence-electron chi connectivity index (χ2n) is 15.9. The number of nitrogens with zero attached hydrogens (tertiary/aromatic N) is 1. The van der Waals surface area contributed by atoms with Crippen LogP contribution in [0.3, 0.4) is 0 Å². The fourth-order valence-corrected chi connectivity index (χ4v) is 16.0. The molecule has 13 rings (SSSR count). The average molecular weight is 754 g/mol. The lowest BCUT2D eigenvalue weighted by Gasteiger charge is -2.47. The van der Waals surface area contributed by atoms with Gasteiger partial charge < -0.3 is 4.57 Å². The molecule has 0 spiro atoms. The molecule has 58 heavy (non-hydrogen) atoms. The highest BCUT2D eigenvalue weighted by atomic mass is 28.3. The van der Waals surface area contributed by atoms with Crippen molar-refractivity contribution in [1.82, 2.24) is 4.57 Å². The van der Waals surface area contributed by atoms with Crippen molar-refractivity contribution in [2.75, 3.05) is 0 Å². The lowest BCUT2D eigenvalue weighted by Crippen LogP contribution is -2.75. The van der Waals surface area contributed by atoms with Gasteiger partial charge in [-0.3, -0.25) is 0 Å². The molecule has 0 N–H and O–H groups in total. The third-order valence-corrected chi connectivity index (χ3v) is 18.0. The van der Waals surface area contributed by atoms with E-state index in [0.29, 0.717) is 0 Å². The van der Waals surface area contributed by atoms with Crippen molar-refractivity contribution < 1.29 is 0 Å². The van der Waals surface area contributed by atoms with Crippen molar-refractivity contribution in [3.05, 3.63) is 258 Å². The summed E-state index contributed by atoms with van der Waals surface area (Å²) in [6.45, 7) is 0. The molecule has 1 nitrogen and oxygen atoms in total. The zero-order valence-electron chi connectivity index (χ0n) is 32.0. The Morgan fingerprint density at radius 1 is 0.345 bits per heavy atom. The van der Waals surface area contributed by atoms with Gasteiger partial charge >= 0.3 is 0 Å². The van der Waals surface area contributed by atoms with Gasteiger partial charge in [-0.05, 0) is 89.5 Å². The summed E-state index contributed by atoms with van der Waals surface area (Å²) in [4.78, 5) is 0. The SMILES string of the molecule is c1ccc(-n2c3ccccc3c3ccc(-c4cccc5c4C4c6ccccc6C5c5cccc([Si](c6ccccc6)(c6ccccc6)c6ccccc6)c54)cc32)cc1. The Balaban J connectivity index is 1.16. The van der Waals surface area contributed by atoms with Gasteiger partial charge in [-0.2, -0.15) is 0 Å². The molecule has 0 radical (unpaired) electrons. The normalized spacial score (nSPS) is 15.2. The minimum atomic E-state index is -2.86. The van der Waals surface area contributed by atoms with Crippen LogP contribution in [0.1, 0.15) is 45.2 Å². The molecule has 2 bridgehead atoms. The van der Waals surface area contributed by atoms with Crippen LogP contribution in [0, 0.1) is 0 Å². The number of benzene rings is 9. The molecular formula is C56H39NSi. The molecule has 9 aromatic carbocycles. The molecule has 10 aromatic rings. The van der Waals surface area contributed by atoms with Crippen molar-refractivity contribution in [2.45, 2.75) is 11.8 Å². The van der Waals surface area contributed by atoms with Crippen molar-refractivity contribution in [3.63, 3.8) is 0 Å². The van der Waals surface area contributed by atoms with Crippen molar-refractivity contribution in [1.29, 1.82) is 0 Å². The summed E-state index contributed by atoms with van der Waals surface area (Å²) in [5.74, 6) is 0.205. The Morgan fingerprint density at radius 2 is 0.845 bits per heavy atom. The Morgan fingerprint density at radius 3 is 1.50 bits per heavy atom. The van der Waals surface area contributed by atoms with Gasteiger partial charge in [0.15, 0.2) is 8.07 Å². The fraction of sp³-hybridized carbons (Fsp3) is 0.0357. The Labute approximate surface area is 340 Å². The van der Waals surface area contributed by atoms with Crippen LogP contribution >= 0.6 is 0 Å². The zero-order chi connectivity index (χ0) is 38.2. The molecule has 0 amide bonds. The number of hydrogen-bond acceptors (Lipinski definition) is 0. The molecule has 0 aliphatic heterocycles. The number of aromatic nitrogens is 1. The maximum Gasteiger partial charge on any atom is 0.179 e. The standard InChI is InChI=1S/C56H39NSi/c1-5-19-39(20-6-1)57-50-33-16-15-27-44(50)45-36-35-38(37-51(45)57)43-30-17-31-48-53-46-28-13-14-29-47(46)56(54(43)48)55-49(53)32-18-34-52(55)58(40-21-7-2-8-22-40,41-23-9-3-10-24-41)42-25-11-4-12-26-42/h1-37,53,56H. The van der Waals surface area contributed by atoms with Gasteiger partial charge in [0, 0.05) is 28.3 Å². The Bertz CT molecular complexity index is 3070. The highest BCUT2D eigenvalue weighted by molar-refractivity contribution is 7.20. The lowest BCUT2D eigenvalue weighted by atomic mass is 9.60. The maximum atomic E-state index is 2.49. The zero-order valence-corrected chi connectivity index (χ0v) is 33.0. The predicted octanol–water partition coefficient (Wildman–Crippen LogP) is 10.8. The van der Waals surface area contributed by atoms with Gasteiger partial charge in [0.2, 0.25) is 0 Å². The second kappa shape index (κ2) is 13.0. The minimum Gasteiger partial charge on any atom is -0.309 e. The first-order valence-corrected chi connectivity index (χ1v) is 22.4. The molecular weight excluding hydrogens is 715 g/mol. The molecule has 1 heterocycles. The van der Waals surface area contributed by atoms with Gasteiger partial charge in [-0.1, -0.05) is 200 Å².